The maximum absolute atomic E-state index is 11.4. The highest BCUT2D eigenvalue weighted by Gasteiger charge is 2.41. The first kappa shape index (κ1) is 20.9. The van der Waals surface area contributed by atoms with Crippen LogP contribution in [0.25, 0.3) is 11.3 Å². The van der Waals surface area contributed by atoms with E-state index < -0.39 is 5.97 Å². The smallest absolute Gasteiger partial charge is 0.335 e. The molecule has 3 heterocycles. The number of pyridine rings is 1. The van der Waals surface area contributed by atoms with Crippen molar-refractivity contribution in [2.24, 2.45) is 0 Å². The van der Waals surface area contributed by atoms with E-state index in [2.05, 4.69) is 27.3 Å². The lowest BCUT2D eigenvalue weighted by Crippen LogP contribution is -2.29. The predicted molar refractivity (Wildman–Crippen MR) is 129 cm³/mol. The van der Waals surface area contributed by atoms with Crippen LogP contribution in [0.2, 0.25) is 0 Å². The van der Waals surface area contributed by atoms with E-state index in [0.717, 1.165) is 17.0 Å². The molecule has 164 valence electrons. The van der Waals surface area contributed by atoms with E-state index in [1.54, 1.807) is 24.4 Å². The molecule has 1 saturated heterocycles. The topological polar surface area (TPSA) is 78.6 Å². The van der Waals surface area contributed by atoms with Gasteiger partial charge in [0.25, 0.3) is 0 Å². The van der Waals surface area contributed by atoms with E-state index in [1.807, 2.05) is 54.6 Å². The minimum absolute atomic E-state index is 0.188. The largest absolute Gasteiger partial charge is 0.478 e. The van der Waals surface area contributed by atoms with E-state index in [9.17, 15) is 9.90 Å². The first-order chi connectivity index (χ1) is 16.1. The molecule has 0 bridgehead atoms. The standard InChI is InChI=1S/C26H21N3O3S/c30-25(31)19-10-6-9-18(15-19)21-12-13-22(32-21)24-23(20-11-4-5-14-27-20)28-26(33)29(24)16-17-7-2-1-3-8-17/h1-15,23-24H,16H2,(H,28,33)(H,30,31)/t23-,24-/m0/s1. The van der Waals surface area contributed by atoms with Gasteiger partial charge in [-0.25, -0.2) is 4.79 Å². The molecule has 33 heavy (non-hydrogen) atoms. The molecule has 2 atom stereocenters. The Hall–Kier alpha value is -3.97. The van der Waals surface area contributed by atoms with E-state index >= 15 is 0 Å². The molecule has 0 unspecified atom stereocenters. The van der Waals surface area contributed by atoms with E-state index in [1.165, 1.54) is 0 Å². The molecule has 1 aliphatic rings. The van der Waals surface area contributed by atoms with E-state index in [0.29, 0.717) is 23.0 Å². The molecule has 5 rings (SSSR count). The third-order valence-corrected chi connectivity index (χ3v) is 6.06. The van der Waals surface area contributed by atoms with Crippen LogP contribution in [0.1, 0.15) is 39.5 Å². The molecule has 0 spiro atoms. The van der Waals surface area contributed by atoms with Gasteiger partial charge >= 0.3 is 5.97 Å². The molecule has 4 aromatic rings. The van der Waals surface area contributed by atoms with Gasteiger partial charge in [0.1, 0.15) is 17.6 Å². The molecule has 0 aliphatic carbocycles. The van der Waals surface area contributed by atoms with Gasteiger partial charge in [0.15, 0.2) is 5.11 Å². The molecule has 2 aromatic carbocycles. The third kappa shape index (κ3) is 4.23. The van der Waals surface area contributed by atoms with Crippen LogP contribution >= 0.6 is 12.2 Å². The molecule has 6 nitrogen and oxygen atoms in total. The average Bonchev–Trinajstić information content (AvgIpc) is 3.45. The van der Waals surface area contributed by atoms with Crippen molar-refractivity contribution in [2.75, 3.05) is 0 Å². The maximum atomic E-state index is 11.4. The Morgan fingerprint density at radius 2 is 1.85 bits per heavy atom. The summed E-state index contributed by atoms with van der Waals surface area (Å²) in [5, 5.41) is 13.4. The van der Waals surface area contributed by atoms with Gasteiger partial charge < -0.3 is 19.7 Å². The van der Waals surface area contributed by atoms with Gasteiger partial charge in [-0.2, -0.15) is 0 Å². The second kappa shape index (κ2) is 8.88. The van der Waals surface area contributed by atoms with E-state index in [-0.39, 0.29) is 17.6 Å². The Bertz CT molecular complexity index is 1290. The monoisotopic (exact) mass is 455 g/mol. The summed E-state index contributed by atoms with van der Waals surface area (Å²) in [6, 6.07) is 26.1. The van der Waals surface area contributed by atoms with Gasteiger partial charge in [-0.1, -0.05) is 48.5 Å². The molecule has 0 saturated carbocycles. The summed E-state index contributed by atoms with van der Waals surface area (Å²) in [5.74, 6) is 0.355. The second-order valence-corrected chi connectivity index (χ2v) is 8.21. The number of nitrogens with zero attached hydrogens (tertiary/aromatic N) is 2. The summed E-state index contributed by atoms with van der Waals surface area (Å²) in [5.41, 5.74) is 2.92. The van der Waals surface area contributed by atoms with Crippen LogP contribution in [0.5, 0.6) is 0 Å². The Kier molecular flexibility index (Phi) is 5.62. The van der Waals surface area contributed by atoms with E-state index in [4.69, 9.17) is 16.6 Å². The van der Waals surface area contributed by atoms with Crippen molar-refractivity contribution >= 4 is 23.3 Å². The lowest BCUT2D eigenvalue weighted by molar-refractivity contribution is 0.0697. The molecular formula is C26H21N3O3S. The normalized spacial score (nSPS) is 17.7. The third-order valence-electron chi connectivity index (χ3n) is 5.71. The molecule has 2 aromatic heterocycles. The summed E-state index contributed by atoms with van der Waals surface area (Å²) in [6.07, 6.45) is 1.77. The van der Waals surface area contributed by atoms with Crippen LogP contribution in [-0.2, 0) is 6.54 Å². The molecule has 0 amide bonds. The fraction of sp³-hybridized carbons (Fsp3) is 0.115. The van der Waals surface area contributed by atoms with Crippen molar-refractivity contribution in [3.05, 3.63) is 114 Å². The Morgan fingerprint density at radius 1 is 1.03 bits per heavy atom. The number of carboxylic acid groups (broad SMARTS) is 1. The van der Waals surface area contributed by atoms with Gasteiger partial charge in [0.2, 0.25) is 0 Å². The average molecular weight is 456 g/mol. The second-order valence-electron chi connectivity index (χ2n) is 7.83. The Balaban J connectivity index is 1.53. The molecule has 0 radical (unpaired) electrons. The molecular weight excluding hydrogens is 434 g/mol. The summed E-state index contributed by atoms with van der Waals surface area (Å²) in [6.45, 7) is 0.616. The molecule has 1 aliphatic heterocycles. The fourth-order valence-corrected chi connectivity index (χ4v) is 4.44. The quantitative estimate of drug-likeness (QED) is 0.386. The minimum atomic E-state index is -0.974. The van der Waals surface area contributed by atoms with Crippen LogP contribution < -0.4 is 5.32 Å². The van der Waals surface area contributed by atoms with Gasteiger partial charge in [0, 0.05) is 18.3 Å². The number of carboxylic acids is 1. The number of hydrogen-bond donors (Lipinski definition) is 2. The highest BCUT2D eigenvalue weighted by molar-refractivity contribution is 7.80. The van der Waals surface area contributed by atoms with Crippen molar-refractivity contribution in [1.29, 1.82) is 0 Å². The van der Waals surface area contributed by atoms with Crippen LogP contribution in [-0.4, -0.2) is 26.1 Å². The molecule has 1 fully saturated rings. The summed E-state index contributed by atoms with van der Waals surface area (Å²) < 4.78 is 6.29. The van der Waals surface area contributed by atoms with Crippen LogP contribution in [0, 0.1) is 0 Å². The van der Waals surface area contributed by atoms with Crippen LogP contribution in [0.15, 0.2) is 95.5 Å². The lowest BCUT2D eigenvalue weighted by Gasteiger charge is -2.26. The molecule has 7 heteroatoms. The number of hydrogen-bond acceptors (Lipinski definition) is 4. The predicted octanol–water partition coefficient (Wildman–Crippen LogP) is 5.21. The lowest BCUT2D eigenvalue weighted by atomic mass is 10.0. The number of benzene rings is 2. The number of furan rings is 1. The Labute approximate surface area is 196 Å². The van der Waals surface area contributed by atoms with Crippen LogP contribution in [0.3, 0.4) is 0 Å². The SMILES string of the molecule is O=C(O)c1cccc(-c2ccc([C@H]3[C@H](c4ccccn4)NC(=S)N3Cc3ccccc3)o2)c1. The van der Waals surface area contributed by atoms with Crippen molar-refractivity contribution in [1.82, 2.24) is 15.2 Å². The minimum Gasteiger partial charge on any atom is -0.478 e. The number of nitrogens with one attached hydrogen (secondary N) is 1. The zero-order valence-corrected chi connectivity index (χ0v) is 18.4. The number of aromatic carboxylic acids is 1. The van der Waals surface area contributed by atoms with Gasteiger partial charge in [-0.3, -0.25) is 4.98 Å². The van der Waals surface area contributed by atoms with Gasteiger partial charge in [0.05, 0.1) is 17.3 Å². The number of aromatic nitrogens is 1. The van der Waals surface area contributed by atoms with Crippen LogP contribution in [0.4, 0.5) is 0 Å². The zero-order chi connectivity index (χ0) is 22.8. The highest BCUT2D eigenvalue weighted by atomic mass is 32.1. The summed E-state index contributed by atoms with van der Waals surface area (Å²) >= 11 is 5.72. The highest BCUT2D eigenvalue weighted by Crippen LogP contribution is 2.41. The Morgan fingerprint density at radius 3 is 2.61 bits per heavy atom. The number of rotatable bonds is 6. The number of thiocarbonyl (C=S) groups is 1. The first-order valence-electron chi connectivity index (χ1n) is 10.6. The van der Waals surface area contributed by atoms with Crippen molar-refractivity contribution < 1.29 is 14.3 Å². The maximum Gasteiger partial charge on any atom is 0.335 e. The number of carbonyl (C=O) groups is 1. The van der Waals surface area contributed by atoms with Crippen molar-refractivity contribution in [2.45, 2.75) is 18.6 Å². The fourth-order valence-electron chi connectivity index (χ4n) is 4.14. The summed E-state index contributed by atoms with van der Waals surface area (Å²) in [4.78, 5) is 18.0. The zero-order valence-electron chi connectivity index (χ0n) is 17.6. The van der Waals surface area contributed by atoms with Crippen molar-refractivity contribution in [3.8, 4) is 11.3 Å². The summed E-state index contributed by atoms with van der Waals surface area (Å²) in [7, 11) is 0. The van der Waals surface area contributed by atoms with Gasteiger partial charge in [-0.15, -0.1) is 0 Å². The molecule has 2 N–H and O–H groups in total. The van der Waals surface area contributed by atoms with Crippen molar-refractivity contribution in [3.63, 3.8) is 0 Å². The van der Waals surface area contributed by atoms with Gasteiger partial charge in [-0.05, 0) is 54.2 Å². The first-order valence-corrected chi connectivity index (χ1v) is 11.0.